The molecule has 0 aromatic heterocycles. The Morgan fingerprint density at radius 1 is 1.26 bits per heavy atom. The highest BCUT2D eigenvalue weighted by atomic mass is 16.2. The Morgan fingerprint density at radius 2 is 2.05 bits per heavy atom. The fraction of sp³-hybridized carbons (Fsp3) is 0.429. The Labute approximate surface area is 112 Å². The minimum atomic E-state index is -0.581. The molecule has 5 nitrogen and oxygen atoms in total. The summed E-state index contributed by atoms with van der Waals surface area (Å²) < 4.78 is 0. The van der Waals surface area contributed by atoms with E-state index in [0.29, 0.717) is 19.6 Å². The van der Waals surface area contributed by atoms with Crippen LogP contribution in [0.3, 0.4) is 0 Å². The molecule has 0 fully saturated rings. The normalized spacial score (nSPS) is 14.5. The Kier molecular flexibility index (Phi) is 4.52. The van der Waals surface area contributed by atoms with Crippen molar-refractivity contribution in [3.8, 4) is 0 Å². The number of fused-ring (bicyclic) bond motifs is 1. The molecule has 0 unspecified atom stereocenters. The molecule has 19 heavy (non-hydrogen) atoms. The lowest BCUT2D eigenvalue weighted by Crippen LogP contribution is -2.44. The number of hydrogen-bond donors (Lipinski definition) is 2. The smallest absolute Gasteiger partial charge is 0.316 e. The molecule has 1 aromatic carbocycles. The molecule has 1 heterocycles. The minimum absolute atomic E-state index is 0.320. The number of anilines is 1. The second-order valence-electron chi connectivity index (χ2n) is 4.59. The van der Waals surface area contributed by atoms with Crippen molar-refractivity contribution in [2.75, 3.05) is 24.5 Å². The maximum absolute atomic E-state index is 12.2. The molecule has 3 N–H and O–H groups in total. The first-order valence-corrected chi connectivity index (χ1v) is 6.61. The number of benzene rings is 1. The van der Waals surface area contributed by atoms with E-state index in [0.717, 1.165) is 30.5 Å². The molecule has 0 saturated heterocycles. The van der Waals surface area contributed by atoms with Crippen LogP contribution in [0, 0.1) is 0 Å². The molecule has 0 aliphatic carbocycles. The van der Waals surface area contributed by atoms with E-state index in [9.17, 15) is 9.59 Å². The molecule has 0 bridgehead atoms. The highest BCUT2D eigenvalue weighted by molar-refractivity contribution is 6.40. The summed E-state index contributed by atoms with van der Waals surface area (Å²) in [5, 5.41) is 2.53. The number of carbonyl (C=O) groups is 2. The topological polar surface area (TPSA) is 75.4 Å². The number of para-hydroxylation sites is 1. The van der Waals surface area contributed by atoms with Crippen LogP contribution >= 0.6 is 0 Å². The van der Waals surface area contributed by atoms with Crippen molar-refractivity contribution >= 4 is 17.5 Å². The fourth-order valence-electron chi connectivity index (χ4n) is 2.29. The van der Waals surface area contributed by atoms with Crippen LogP contribution in [0.25, 0.3) is 0 Å². The van der Waals surface area contributed by atoms with E-state index >= 15 is 0 Å². The lowest BCUT2D eigenvalue weighted by Gasteiger charge is -2.22. The SMILES string of the molecule is NCCNC(=O)C(=O)N1CCCCc2ccccc21. The average molecular weight is 261 g/mol. The first kappa shape index (κ1) is 13.5. The zero-order chi connectivity index (χ0) is 13.7. The standard InChI is InChI=1S/C14H19N3O2/c15-8-9-16-13(18)14(19)17-10-4-3-6-11-5-1-2-7-12(11)17/h1-2,5,7H,3-4,6,8-10,15H2,(H,16,18). The molecule has 1 aromatic rings. The number of carbonyl (C=O) groups excluding carboxylic acids is 2. The number of rotatable bonds is 2. The Morgan fingerprint density at radius 3 is 2.84 bits per heavy atom. The van der Waals surface area contributed by atoms with Crippen molar-refractivity contribution in [2.45, 2.75) is 19.3 Å². The third-order valence-corrected chi connectivity index (χ3v) is 3.23. The molecular weight excluding hydrogens is 242 g/mol. The second kappa shape index (κ2) is 6.33. The molecule has 2 rings (SSSR count). The summed E-state index contributed by atoms with van der Waals surface area (Å²) in [6.07, 6.45) is 2.89. The molecule has 0 spiro atoms. The van der Waals surface area contributed by atoms with E-state index in [2.05, 4.69) is 5.32 Å². The first-order chi connectivity index (χ1) is 9.24. The van der Waals surface area contributed by atoms with Gasteiger partial charge in [0, 0.05) is 25.3 Å². The molecule has 1 aliphatic rings. The van der Waals surface area contributed by atoms with E-state index in [-0.39, 0.29) is 0 Å². The van der Waals surface area contributed by atoms with Crippen molar-refractivity contribution < 1.29 is 9.59 Å². The summed E-state index contributed by atoms with van der Waals surface area (Å²) in [5.74, 6) is -1.08. The van der Waals surface area contributed by atoms with Gasteiger partial charge in [-0.25, -0.2) is 0 Å². The van der Waals surface area contributed by atoms with Gasteiger partial charge in [0.1, 0.15) is 0 Å². The monoisotopic (exact) mass is 261 g/mol. The van der Waals surface area contributed by atoms with Crippen molar-refractivity contribution in [3.05, 3.63) is 29.8 Å². The Hall–Kier alpha value is -1.88. The highest BCUT2D eigenvalue weighted by Crippen LogP contribution is 2.26. The molecule has 0 radical (unpaired) electrons. The van der Waals surface area contributed by atoms with Gasteiger partial charge in [0.15, 0.2) is 0 Å². The van der Waals surface area contributed by atoms with Crippen LogP contribution in [0.4, 0.5) is 5.69 Å². The number of aryl methyl sites for hydroxylation is 1. The lowest BCUT2D eigenvalue weighted by molar-refractivity contribution is -0.137. The third-order valence-electron chi connectivity index (χ3n) is 3.23. The van der Waals surface area contributed by atoms with Crippen LogP contribution in [0.1, 0.15) is 18.4 Å². The van der Waals surface area contributed by atoms with Gasteiger partial charge in [0.2, 0.25) is 0 Å². The van der Waals surface area contributed by atoms with Gasteiger partial charge in [-0.3, -0.25) is 9.59 Å². The van der Waals surface area contributed by atoms with E-state index in [1.54, 1.807) is 4.90 Å². The second-order valence-corrected chi connectivity index (χ2v) is 4.59. The van der Waals surface area contributed by atoms with Crippen LogP contribution in [0.2, 0.25) is 0 Å². The summed E-state index contributed by atoms with van der Waals surface area (Å²) in [6, 6.07) is 7.76. The summed E-state index contributed by atoms with van der Waals surface area (Å²) in [6.45, 7) is 1.24. The molecule has 0 atom stereocenters. The summed E-state index contributed by atoms with van der Waals surface area (Å²) >= 11 is 0. The number of amides is 2. The van der Waals surface area contributed by atoms with Crippen molar-refractivity contribution in [2.24, 2.45) is 5.73 Å². The van der Waals surface area contributed by atoms with Crippen LogP contribution < -0.4 is 16.0 Å². The molecule has 0 saturated carbocycles. The van der Waals surface area contributed by atoms with Gasteiger partial charge in [-0.2, -0.15) is 0 Å². The van der Waals surface area contributed by atoms with Gasteiger partial charge in [0.05, 0.1) is 0 Å². The lowest BCUT2D eigenvalue weighted by atomic mass is 10.1. The molecule has 102 valence electrons. The molecular formula is C14H19N3O2. The highest BCUT2D eigenvalue weighted by Gasteiger charge is 2.25. The number of nitrogens with two attached hydrogens (primary N) is 1. The summed E-state index contributed by atoms with van der Waals surface area (Å²) in [7, 11) is 0. The van der Waals surface area contributed by atoms with E-state index < -0.39 is 11.8 Å². The average Bonchev–Trinajstić information content (AvgIpc) is 2.66. The van der Waals surface area contributed by atoms with Crippen molar-refractivity contribution in [1.82, 2.24) is 5.32 Å². The van der Waals surface area contributed by atoms with Gasteiger partial charge in [0.25, 0.3) is 0 Å². The van der Waals surface area contributed by atoms with Crippen molar-refractivity contribution in [3.63, 3.8) is 0 Å². The van der Waals surface area contributed by atoms with E-state index in [4.69, 9.17) is 5.73 Å². The predicted molar refractivity (Wildman–Crippen MR) is 73.8 cm³/mol. The maximum atomic E-state index is 12.2. The summed E-state index contributed by atoms with van der Waals surface area (Å²) in [5.41, 5.74) is 7.30. The number of nitrogens with one attached hydrogen (secondary N) is 1. The van der Waals surface area contributed by atoms with Crippen LogP contribution in [0.5, 0.6) is 0 Å². The van der Waals surface area contributed by atoms with Gasteiger partial charge in [-0.15, -0.1) is 0 Å². The molecule has 1 aliphatic heterocycles. The van der Waals surface area contributed by atoms with Crippen LogP contribution in [0.15, 0.2) is 24.3 Å². The van der Waals surface area contributed by atoms with Crippen LogP contribution in [-0.4, -0.2) is 31.4 Å². The molecule has 5 heteroatoms. The minimum Gasteiger partial charge on any atom is -0.347 e. The fourth-order valence-corrected chi connectivity index (χ4v) is 2.29. The van der Waals surface area contributed by atoms with E-state index in [1.165, 1.54) is 0 Å². The van der Waals surface area contributed by atoms with Crippen molar-refractivity contribution in [1.29, 1.82) is 0 Å². The van der Waals surface area contributed by atoms with Crippen LogP contribution in [-0.2, 0) is 16.0 Å². The van der Waals surface area contributed by atoms with E-state index in [1.807, 2.05) is 24.3 Å². The quantitative estimate of drug-likeness (QED) is 0.758. The Balaban J connectivity index is 2.19. The van der Waals surface area contributed by atoms with Gasteiger partial charge >= 0.3 is 11.8 Å². The Bertz CT molecular complexity index is 474. The maximum Gasteiger partial charge on any atom is 0.316 e. The van der Waals surface area contributed by atoms with Gasteiger partial charge in [-0.05, 0) is 30.9 Å². The molecule has 2 amide bonds. The predicted octanol–water partition coefficient (Wildman–Crippen LogP) is 0.431. The van der Waals surface area contributed by atoms with Gasteiger partial charge < -0.3 is 16.0 Å². The number of nitrogens with zero attached hydrogens (tertiary/aromatic N) is 1. The zero-order valence-corrected chi connectivity index (χ0v) is 10.9. The largest absolute Gasteiger partial charge is 0.347 e. The third kappa shape index (κ3) is 3.12. The number of hydrogen-bond acceptors (Lipinski definition) is 3. The zero-order valence-electron chi connectivity index (χ0n) is 10.9. The summed E-state index contributed by atoms with van der Waals surface area (Å²) in [4.78, 5) is 25.5. The van der Waals surface area contributed by atoms with Gasteiger partial charge in [-0.1, -0.05) is 18.2 Å². The first-order valence-electron chi connectivity index (χ1n) is 6.61.